The highest BCUT2D eigenvalue weighted by molar-refractivity contribution is 7.92. The molecule has 208 valence electrons. The minimum Gasteiger partial charge on any atom is -0.496 e. The van der Waals surface area contributed by atoms with E-state index in [4.69, 9.17) is 16.3 Å². The highest BCUT2D eigenvalue weighted by Crippen LogP contribution is 2.28. The molecule has 9 nitrogen and oxygen atoms in total. The monoisotopic (exact) mass is 591 g/mol. The maximum absolute atomic E-state index is 13.3. The quantitative estimate of drug-likeness (QED) is 0.368. The lowest BCUT2D eigenvalue weighted by atomic mass is 10.2. The molecule has 39 heavy (non-hydrogen) atoms. The number of sulfonamides is 2. The number of hydrogen-bond donors (Lipinski definition) is 2. The van der Waals surface area contributed by atoms with E-state index in [1.807, 2.05) is 6.92 Å². The van der Waals surface area contributed by atoms with Crippen LogP contribution in [0.3, 0.4) is 0 Å². The molecule has 0 atom stereocenters. The summed E-state index contributed by atoms with van der Waals surface area (Å²) in [5.41, 5.74) is 1.51. The molecular formula is C27H30ClN3O6S2. The fraction of sp³-hybridized carbons (Fsp3) is 0.296. The Bertz CT molecular complexity index is 1570. The number of nitrogens with zero attached hydrogens (tertiary/aromatic N) is 1. The van der Waals surface area contributed by atoms with Gasteiger partial charge in [0, 0.05) is 23.8 Å². The molecule has 0 radical (unpaired) electrons. The molecule has 0 unspecified atom stereocenters. The van der Waals surface area contributed by atoms with Crippen molar-refractivity contribution in [1.82, 2.24) is 4.31 Å². The van der Waals surface area contributed by atoms with Crippen LogP contribution in [0.2, 0.25) is 5.02 Å². The van der Waals surface area contributed by atoms with Crippen molar-refractivity contribution in [3.63, 3.8) is 0 Å². The van der Waals surface area contributed by atoms with E-state index < -0.39 is 26.0 Å². The van der Waals surface area contributed by atoms with Gasteiger partial charge in [-0.3, -0.25) is 9.52 Å². The average Bonchev–Trinajstić information content (AvgIpc) is 3.21. The van der Waals surface area contributed by atoms with Gasteiger partial charge in [0.1, 0.15) is 5.75 Å². The Hall–Kier alpha value is -3.12. The van der Waals surface area contributed by atoms with Gasteiger partial charge in [-0.2, -0.15) is 4.31 Å². The normalized spacial score (nSPS) is 14.8. The first-order valence-corrected chi connectivity index (χ1v) is 15.7. The topological polar surface area (TPSA) is 122 Å². The predicted octanol–water partition coefficient (Wildman–Crippen LogP) is 5.27. The zero-order chi connectivity index (χ0) is 28.2. The van der Waals surface area contributed by atoms with Gasteiger partial charge in [0.2, 0.25) is 10.0 Å². The molecule has 3 aromatic carbocycles. The summed E-state index contributed by atoms with van der Waals surface area (Å²) in [7, 11) is -6.28. The van der Waals surface area contributed by atoms with E-state index in [9.17, 15) is 21.6 Å². The van der Waals surface area contributed by atoms with Gasteiger partial charge in [-0.25, -0.2) is 16.8 Å². The Kier molecular flexibility index (Phi) is 8.85. The minimum absolute atomic E-state index is 0.0130. The van der Waals surface area contributed by atoms with Crippen molar-refractivity contribution >= 4 is 48.9 Å². The van der Waals surface area contributed by atoms with Crippen molar-refractivity contribution in [2.75, 3.05) is 30.2 Å². The molecule has 4 rings (SSSR count). The van der Waals surface area contributed by atoms with Crippen LogP contribution < -0.4 is 14.8 Å². The zero-order valence-electron chi connectivity index (χ0n) is 21.6. The van der Waals surface area contributed by atoms with Crippen LogP contribution in [0.5, 0.6) is 5.75 Å². The molecule has 1 saturated heterocycles. The van der Waals surface area contributed by atoms with Gasteiger partial charge in [0.15, 0.2) is 0 Å². The molecule has 1 amide bonds. The van der Waals surface area contributed by atoms with E-state index in [0.29, 0.717) is 29.5 Å². The van der Waals surface area contributed by atoms with E-state index >= 15 is 0 Å². The molecule has 1 fully saturated rings. The molecule has 1 aliphatic rings. The summed E-state index contributed by atoms with van der Waals surface area (Å²) in [5.74, 6) is -0.384. The molecular weight excluding hydrogens is 562 g/mol. The number of halogens is 1. The van der Waals surface area contributed by atoms with Crippen LogP contribution in [0, 0.1) is 6.92 Å². The zero-order valence-corrected chi connectivity index (χ0v) is 24.0. The SMILES string of the molecule is COc1ccc(S(=O)(=O)N2CCCCCC2)cc1C(=O)Nc1ccc(S(=O)(=O)Nc2ccc(C)c(Cl)c2)cc1. The van der Waals surface area contributed by atoms with Crippen molar-refractivity contribution in [2.24, 2.45) is 0 Å². The Morgan fingerprint density at radius 3 is 2.08 bits per heavy atom. The van der Waals surface area contributed by atoms with Crippen molar-refractivity contribution in [3.8, 4) is 5.75 Å². The number of carbonyl (C=O) groups excluding carboxylic acids is 1. The first-order chi connectivity index (χ1) is 18.5. The Labute approximate surface area is 234 Å². The van der Waals surface area contributed by atoms with E-state index in [1.165, 1.54) is 59.9 Å². The number of methoxy groups -OCH3 is 1. The largest absolute Gasteiger partial charge is 0.496 e. The summed E-state index contributed by atoms with van der Waals surface area (Å²) < 4.78 is 61.4. The van der Waals surface area contributed by atoms with E-state index in [2.05, 4.69) is 10.0 Å². The van der Waals surface area contributed by atoms with Gasteiger partial charge >= 0.3 is 0 Å². The molecule has 0 aliphatic carbocycles. The molecule has 3 aromatic rings. The van der Waals surface area contributed by atoms with Crippen LogP contribution in [0.15, 0.2) is 70.5 Å². The lowest BCUT2D eigenvalue weighted by molar-refractivity contribution is 0.102. The number of nitrogens with one attached hydrogen (secondary N) is 2. The molecule has 2 N–H and O–H groups in total. The fourth-order valence-corrected chi connectivity index (χ4v) is 7.02. The second kappa shape index (κ2) is 12.0. The average molecular weight is 592 g/mol. The maximum atomic E-state index is 13.3. The van der Waals surface area contributed by atoms with Gasteiger partial charge in [0.05, 0.1) is 28.2 Å². The van der Waals surface area contributed by atoms with Gasteiger partial charge in [0.25, 0.3) is 15.9 Å². The molecule has 12 heteroatoms. The second-order valence-corrected chi connectivity index (χ2v) is 13.3. The Morgan fingerprint density at radius 1 is 0.846 bits per heavy atom. The van der Waals surface area contributed by atoms with Crippen molar-refractivity contribution in [3.05, 3.63) is 76.8 Å². The lowest BCUT2D eigenvalue weighted by Gasteiger charge is -2.20. The van der Waals surface area contributed by atoms with Gasteiger partial charge in [-0.15, -0.1) is 0 Å². The summed E-state index contributed by atoms with van der Waals surface area (Å²) >= 11 is 6.09. The van der Waals surface area contributed by atoms with Crippen LogP contribution in [0.4, 0.5) is 11.4 Å². The molecule has 1 aliphatic heterocycles. The van der Waals surface area contributed by atoms with Gasteiger partial charge in [-0.1, -0.05) is 30.5 Å². The summed E-state index contributed by atoms with van der Waals surface area (Å²) in [5, 5.41) is 3.12. The Morgan fingerprint density at radius 2 is 1.46 bits per heavy atom. The van der Waals surface area contributed by atoms with Crippen molar-refractivity contribution in [2.45, 2.75) is 42.4 Å². The van der Waals surface area contributed by atoms with Gasteiger partial charge < -0.3 is 10.1 Å². The Balaban J connectivity index is 1.52. The van der Waals surface area contributed by atoms with Crippen LogP contribution in [0.25, 0.3) is 0 Å². The number of anilines is 2. The highest BCUT2D eigenvalue weighted by atomic mass is 35.5. The fourth-order valence-electron chi connectivity index (χ4n) is 4.24. The first-order valence-electron chi connectivity index (χ1n) is 12.4. The van der Waals surface area contributed by atoms with E-state index in [0.717, 1.165) is 31.2 Å². The standard InChI is InChI=1S/C27H30ClN3O6S2/c1-19-7-8-21(17-25(19)28)30-38(33,34)22-11-9-20(10-12-22)29-27(32)24-18-23(13-14-26(24)37-2)39(35,36)31-15-5-3-4-6-16-31/h7-14,17-18,30H,3-6,15-16H2,1-2H3,(H,29,32). The third-order valence-corrected chi connectivity index (χ3v) is 10.2. The maximum Gasteiger partial charge on any atom is 0.261 e. The van der Waals surface area contributed by atoms with Crippen LogP contribution >= 0.6 is 11.6 Å². The number of rotatable bonds is 8. The summed E-state index contributed by atoms with van der Waals surface area (Å²) in [6.45, 7) is 2.70. The number of hydrogen-bond acceptors (Lipinski definition) is 6. The molecule has 1 heterocycles. The van der Waals surface area contributed by atoms with Crippen LogP contribution in [-0.4, -0.2) is 47.2 Å². The van der Waals surface area contributed by atoms with Crippen LogP contribution in [0.1, 0.15) is 41.6 Å². The third kappa shape index (κ3) is 6.73. The predicted molar refractivity (Wildman–Crippen MR) is 152 cm³/mol. The summed E-state index contributed by atoms with van der Waals surface area (Å²) in [6, 6.07) is 14.6. The number of amides is 1. The van der Waals surface area contributed by atoms with Gasteiger partial charge in [-0.05, 0) is 79.9 Å². The minimum atomic E-state index is -3.90. The van der Waals surface area contributed by atoms with Crippen molar-refractivity contribution < 1.29 is 26.4 Å². The first kappa shape index (κ1) is 28.9. The van der Waals surface area contributed by atoms with Crippen molar-refractivity contribution in [1.29, 1.82) is 0 Å². The number of carbonyl (C=O) groups is 1. The summed E-state index contributed by atoms with van der Waals surface area (Å²) in [4.78, 5) is 13.1. The second-order valence-electron chi connectivity index (χ2n) is 9.23. The van der Waals surface area contributed by atoms with Crippen LogP contribution in [-0.2, 0) is 20.0 Å². The smallest absolute Gasteiger partial charge is 0.261 e. The number of ether oxygens (including phenoxy) is 1. The number of aryl methyl sites for hydroxylation is 1. The molecule has 0 aromatic heterocycles. The van der Waals surface area contributed by atoms with E-state index in [-0.39, 0.29) is 21.1 Å². The molecule has 0 bridgehead atoms. The summed E-state index contributed by atoms with van der Waals surface area (Å²) in [6.07, 6.45) is 3.56. The highest BCUT2D eigenvalue weighted by Gasteiger charge is 2.27. The molecule has 0 spiro atoms. The third-order valence-electron chi connectivity index (χ3n) is 6.46. The lowest BCUT2D eigenvalue weighted by Crippen LogP contribution is -2.32. The van der Waals surface area contributed by atoms with E-state index in [1.54, 1.807) is 12.1 Å². The number of benzene rings is 3. The molecule has 0 saturated carbocycles.